The highest BCUT2D eigenvalue weighted by atomic mass is 15.1. The Morgan fingerprint density at radius 1 is 0.864 bits per heavy atom. The summed E-state index contributed by atoms with van der Waals surface area (Å²) >= 11 is 0. The van der Waals surface area contributed by atoms with Gasteiger partial charge in [-0.25, -0.2) is 0 Å². The molecule has 0 saturated carbocycles. The molecule has 0 unspecified atom stereocenters. The van der Waals surface area contributed by atoms with Crippen LogP contribution in [0.1, 0.15) is 60.8 Å². The van der Waals surface area contributed by atoms with Gasteiger partial charge in [-0.1, -0.05) is 53.2 Å². The molecule has 2 aliphatic rings. The smallest absolute Gasteiger partial charge is 0.0163 e. The van der Waals surface area contributed by atoms with Crippen molar-refractivity contribution in [3.05, 3.63) is 11.6 Å². The molecule has 22 heavy (non-hydrogen) atoms. The van der Waals surface area contributed by atoms with Crippen molar-refractivity contribution in [2.45, 2.75) is 60.8 Å². The maximum atomic E-state index is 2.43. The molecule has 0 spiro atoms. The van der Waals surface area contributed by atoms with E-state index in [1.165, 1.54) is 38.9 Å². The first kappa shape index (κ1) is 19.7. The van der Waals surface area contributed by atoms with E-state index < -0.39 is 0 Å². The quantitative estimate of drug-likeness (QED) is 0.600. The molecule has 1 saturated heterocycles. The lowest BCUT2D eigenvalue weighted by molar-refractivity contribution is 0.129. The highest BCUT2D eigenvalue weighted by molar-refractivity contribution is 5.14. The maximum Gasteiger partial charge on any atom is 0.0163 e. The summed E-state index contributed by atoms with van der Waals surface area (Å²) in [5.41, 5.74) is 2.54. The minimum Gasteiger partial charge on any atom is -0.306 e. The molecular formula is C20H40N2. The number of likely N-dealkylation sites (tertiary alicyclic amines) is 1. The second-order valence-electron chi connectivity index (χ2n) is 9.44. The first-order valence-electron chi connectivity index (χ1n) is 9.06. The van der Waals surface area contributed by atoms with Crippen molar-refractivity contribution < 1.29 is 0 Å². The van der Waals surface area contributed by atoms with Crippen LogP contribution < -0.4 is 0 Å². The van der Waals surface area contributed by atoms with Crippen LogP contribution in [0, 0.1) is 16.7 Å². The Morgan fingerprint density at radius 3 is 1.77 bits per heavy atom. The topological polar surface area (TPSA) is 6.48 Å². The lowest BCUT2D eigenvalue weighted by atomic mass is 9.75. The van der Waals surface area contributed by atoms with Gasteiger partial charge in [0.15, 0.2) is 0 Å². The molecule has 0 N–H and O–H groups in total. The molecule has 1 fully saturated rings. The van der Waals surface area contributed by atoms with Gasteiger partial charge in [0.25, 0.3) is 0 Å². The van der Waals surface area contributed by atoms with Gasteiger partial charge in [0.05, 0.1) is 0 Å². The van der Waals surface area contributed by atoms with Crippen molar-refractivity contribution in [3.63, 3.8) is 0 Å². The van der Waals surface area contributed by atoms with E-state index in [2.05, 4.69) is 71.5 Å². The number of hydrogen-bond acceptors (Lipinski definition) is 2. The van der Waals surface area contributed by atoms with Crippen LogP contribution in [0.4, 0.5) is 0 Å². The second kappa shape index (κ2) is 7.97. The van der Waals surface area contributed by atoms with Crippen LogP contribution in [0.2, 0.25) is 0 Å². The van der Waals surface area contributed by atoms with E-state index in [1.54, 1.807) is 5.57 Å². The molecule has 0 radical (unpaired) electrons. The lowest BCUT2D eigenvalue weighted by Gasteiger charge is -2.37. The van der Waals surface area contributed by atoms with Crippen molar-refractivity contribution in [1.29, 1.82) is 0 Å². The minimum absolute atomic E-state index is 0.390. The van der Waals surface area contributed by atoms with E-state index in [0.717, 1.165) is 12.5 Å². The van der Waals surface area contributed by atoms with Crippen LogP contribution in [-0.4, -0.2) is 50.1 Å². The zero-order valence-corrected chi connectivity index (χ0v) is 16.5. The first-order valence-corrected chi connectivity index (χ1v) is 9.06. The molecule has 130 valence electrons. The summed E-state index contributed by atoms with van der Waals surface area (Å²) in [6, 6.07) is 0. The Bertz CT molecular complexity index is 349. The van der Waals surface area contributed by atoms with Crippen LogP contribution in [-0.2, 0) is 0 Å². The standard InChI is InChI=1S/C10H21N.C10H19N/c2*1-10(2,3)9-5-7-11(4)8-6-9/h9H,5-8H2,1-4H3;5H,6-8H2,1-4H3. The Morgan fingerprint density at radius 2 is 1.41 bits per heavy atom. The molecule has 0 atom stereocenters. The van der Waals surface area contributed by atoms with Gasteiger partial charge in [-0.3, -0.25) is 0 Å². The van der Waals surface area contributed by atoms with E-state index in [0.29, 0.717) is 10.8 Å². The highest BCUT2D eigenvalue weighted by Crippen LogP contribution is 2.33. The van der Waals surface area contributed by atoms with Gasteiger partial charge in [0.2, 0.25) is 0 Å². The van der Waals surface area contributed by atoms with Gasteiger partial charge >= 0.3 is 0 Å². The zero-order valence-electron chi connectivity index (χ0n) is 16.5. The fourth-order valence-electron chi connectivity index (χ4n) is 3.33. The molecule has 0 aromatic rings. The van der Waals surface area contributed by atoms with Crippen molar-refractivity contribution in [3.8, 4) is 0 Å². The molecule has 0 aromatic carbocycles. The normalized spacial score (nSPS) is 22.8. The molecule has 2 rings (SSSR count). The van der Waals surface area contributed by atoms with Crippen LogP contribution in [0.15, 0.2) is 11.6 Å². The van der Waals surface area contributed by atoms with Gasteiger partial charge in [0.1, 0.15) is 0 Å². The second-order valence-corrected chi connectivity index (χ2v) is 9.44. The van der Waals surface area contributed by atoms with Crippen LogP contribution in [0.3, 0.4) is 0 Å². The molecular weight excluding hydrogens is 268 g/mol. The van der Waals surface area contributed by atoms with Gasteiger partial charge in [-0.2, -0.15) is 0 Å². The number of likely N-dealkylation sites (N-methyl/N-ethyl adjacent to an activating group) is 1. The highest BCUT2D eigenvalue weighted by Gasteiger charge is 2.27. The summed E-state index contributed by atoms with van der Waals surface area (Å²) in [6.45, 7) is 18.9. The van der Waals surface area contributed by atoms with Crippen LogP contribution in [0.25, 0.3) is 0 Å². The predicted octanol–water partition coefficient (Wildman–Crippen LogP) is 4.67. The number of piperidine rings is 1. The van der Waals surface area contributed by atoms with E-state index in [4.69, 9.17) is 0 Å². The van der Waals surface area contributed by atoms with Crippen molar-refractivity contribution in [2.24, 2.45) is 16.7 Å². The van der Waals surface area contributed by atoms with Crippen LogP contribution >= 0.6 is 0 Å². The van der Waals surface area contributed by atoms with Crippen molar-refractivity contribution in [2.75, 3.05) is 40.3 Å². The number of rotatable bonds is 0. The van der Waals surface area contributed by atoms with Gasteiger partial charge < -0.3 is 9.80 Å². The molecule has 2 aliphatic heterocycles. The van der Waals surface area contributed by atoms with Crippen molar-refractivity contribution in [1.82, 2.24) is 9.80 Å². The fraction of sp³-hybridized carbons (Fsp3) is 0.900. The van der Waals surface area contributed by atoms with E-state index in [9.17, 15) is 0 Å². The minimum atomic E-state index is 0.390. The van der Waals surface area contributed by atoms with Gasteiger partial charge in [-0.15, -0.1) is 0 Å². The first-order chi connectivity index (χ1) is 10.00. The molecule has 0 amide bonds. The third kappa shape index (κ3) is 6.83. The monoisotopic (exact) mass is 308 g/mol. The number of nitrogens with zero attached hydrogens (tertiary/aromatic N) is 2. The Hall–Kier alpha value is -0.340. The summed E-state index contributed by atoms with van der Waals surface area (Å²) in [5, 5.41) is 0. The Balaban J connectivity index is 0.000000220. The fourth-order valence-corrected chi connectivity index (χ4v) is 3.33. The Labute approximate surface area is 139 Å². The van der Waals surface area contributed by atoms with Crippen LogP contribution in [0.5, 0.6) is 0 Å². The van der Waals surface area contributed by atoms with Gasteiger partial charge in [0, 0.05) is 13.1 Å². The third-order valence-corrected chi connectivity index (χ3v) is 5.32. The predicted molar refractivity (Wildman–Crippen MR) is 99.3 cm³/mol. The summed E-state index contributed by atoms with van der Waals surface area (Å²) in [6.07, 6.45) is 6.41. The lowest BCUT2D eigenvalue weighted by Crippen LogP contribution is -2.35. The van der Waals surface area contributed by atoms with Gasteiger partial charge in [-0.05, 0) is 63.2 Å². The average Bonchev–Trinajstić information content (AvgIpc) is 2.38. The van der Waals surface area contributed by atoms with E-state index in [-0.39, 0.29) is 0 Å². The summed E-state index contributed by atoms with van der Waals surface area (Å²) < 4.78 is 0. The Kier molecular flexibility index (Phi) is 7.14. The zero-order chi connectivity index (χ0) is 17.0. The molecule has 0 bridgehead atoms. The van der Waals surface area contributed by atoms with E-state index in [1.807, 2.05) is 0 Å². The van der Waals surface area contributed by atoms with Crippen molar-refractivity contribution >= 4 is 0 Å². The molecule has 2 heterocycles. The largest absolute Gasteiger partial charge is 0.306 e. The molecule has 2 nitrogen and oxygen atoms in total. The molecule has 2 heteroatoms. The summed E-state index contributed by atoms with van der Waals surface area (Å²) in [5.74, 6) is 0.943. The average molecular weight is 309 g/mol. The number of hydrogen-bond donors (Lipinski definition) is 0. The maximum absolute atomic E-state index is 2.43. The van der Waals surface area contributed by atoms with E-state index >= 15 is 0 Å². The molecule has 0 aliphatic carbocycles. The summed E-state index contributed by atoms with van der Waals surface area (Å²) in [7, 11) is 4.40. The SMILES string of the molecule is CN1CC=C(C(C)(C)C)CC1.CN1CCC(C(C)(C)C)CC1. The summed E-state index contributed by atoms with van der Waals surface area (Å²) in [4.78, 5) is 4.79. The third-order valence-electron chi connectivity index (χ3n) is 5.32. The molecule has 0 aromatic heterocycles.